The fraction of sp³-hybridized carbons (Fsp3) is 0.615. The Balaban J connectivity index is 1.84. The third-order valence-corrected chi connectivity index (χ3v) is 4.84. The van der Waals surface area contributed by atoms with Crippen LogP contribution in [-0.4, -0.2) is 60.4 Å². The normalized spacial score (nSPS) is 18.6. The predicted octanol–water partition coefficient (Wildman–Crippen LogP) is 1.09. The Kier molecular flexibility index (Phi) is 6.01. The highest BCUT2D eigenvalue weighted by Gasteiger charge is 2.33. The van der Waals surface area contributed by atoms with Crippen molar-refractivity contribution < 1.29 is 19.1 Å². The number of amides is 1. The van der Waals surface area contributed by atoms with Gasteiger partial charge in [0.15, 0.2) is 6.04 Å². The molecule has 1 aromatic heterocycles. The van der Waals surface area contributed by atoms with E-state index in [0.717, 1.165) is 10.7 Å². The number of thiazole rings is 1. The molecule has 1 aliphatic rings. The average Bonchev–Trinajstić information content (AvgIpc) is 2.91. The summed E-state index contributed by atoms with van der Waals surface area (Å²) in [7, 11) is 1.32. The van der Waals surface area contributed by atoms with Crippen molar-refractivity contribution in [1.29, 1.82) is 0 Å². The lowest BCUT2D eigenvalue weighted by atomic mass is 10.2. The van der Waals surface area contributed by atoms with Crippen molar-refractivity contribution in [2.24, 2.45) is 0 Å². The molecule has 1 aliphatic heterocycles. The van der Waals surface area contributed by atoms with Gasteiger partial charge in [0.1, 0.15) is 0 Å². The van der Waals surface area contributed by atoms with Gasteiger partial charge in [0.25, 0.3) is 0 Å². The highest BCUT2D eigenvalue weighted by Crippen LogP contribution is 2.17. The van der Waals surface area contributed by atoms with Crippen molar-refractivity contribution in [3.63, 3.8) is 0 Å². The first-order valence-electron chi connectivity index (χ1n) is 6.55. The molecule has 21 heavy (non-hydrogen) atoms. The number of aromatic nitrogens is 1. The molecule has 0 radical (unpaired) electrons. The standard InChI is InChI=1S/C13H18N2O4S2/c1-9-14-10(7-21-9)6-20-8-12(16)15-3-4-19-5-11(15)13(17)18-2/h7,11H,3-6,8H2,1-2H3. The Labute approximate surface area is 131 Å². The Morgan fingerprint density at radius 2 is 2.43 bits per heavy atom. The first-order valence-corrected chi connectivity index (χ1v) is 8.59. The largest absolute Gasteiger partial charge is 0.467 e. The maximum atomic E-state index is 12.2. The number of morpholine rings is 1. The zero-order chi connectivity index (χ0) is 15.2. The minimum Gasteiger partial charge on any atom is -0.467 e. The van der Waals surface area contributed by atoms with Crippen LogP contribution in [0.25, 0.3) is 0 Å². The number of thioether (sulfide) groups is 1. The van der Waals surface area contributed by atoms with Gasteiger partial charge in [-0.05, 0) is 6.92 Å². The van der Waals surface area contributed by atoms with E-state index in [9.17, 15) is 9.59 Å². The fourth-order valence-corrected chi connectivity index (χ4v) is 3.55. The van der Waals surface area contributed by atoms with Gasteiger partial charge in [0.05, 0.1) is 36.8 Å². The molecule has 0 spiro atoms. The van der Waals surface area contributed by atoms with E-state index >= 15 is 0 Å². The fourth-order valence-electron chi connectivity index (χ4n) is 2.03. The number of ether oxygens (including phenoxy) is 2. The molecule has 0 saturated carbocycles. The molecule has 0 aromatic carbocycles. The number of esters is 1. The number of rotatable bonds is 5. The van der Waals surface area contributed by atoms with Crippen LogP contribution in [0.2, 0.25) is 0 Å². The number of hydrogen-bond acceptors (Lipinski definition) is 7. The average molecular weight is 330 g/mol. The summed E-state index contributed by atoms with van der Waals surface area (Å²) in [6.45, 7) is 3.04. The molecule has 1 fully saturated rings. The predicted molar refractivity (Wildman–Crippen MR) is 81.3 cm³/mol. The van der Waals surface area contributed by atoms with E-state index in [4.69, 9.17) is 9.47 Å². The summed E-state index contributed by atoms with van der Waals surface area (Å²) in [6, 6.07) is -0.627. The maximum Gasteiger partial charge on any atom is 0.331 e. The third-order valence-electron chi connectivity index (χ3n) is 3.06. The van der Waals surface area contributed by atoms with Crippen LogP contribution >= 0.6 is 23.1 Å². The lowest BCUT2D eigenvalue weighted by molar-refractivity contribution is -0.159. The van der Waals surface area contributed by atoms with Crippen LogP contribution in [-0.2, 0) is 24.8 Å². The summed E-state index contributed by atoms with van der Waals surface area (Å²) < 4.78 is 9.97. The van der Waals surface area contributed by atoms with E-state index in [-0.39, 0.29) is 12.5 Å². The van der Waals surface area contributed by atoms with Crippen molar-refractivity contribution in [3.8, 4) is 0 Å². The van der Waals surface area contributed by atoms with E-state index in [2.05, 4.69) is 4.98 Å². The van der Waals surface area contributed by atoms with Crippen LogP contribution in [0.1, 0.15) is 10.7 Å². The van der Waals surface area contributed by atoms with E-state index in [1.165, 1.54) is 18.9 Å². The lowest BCUT2D eigenvalue weighted by Gasteiger charge is -2.33. The Bertz CT molecular complexity index is 506. The summed E-state index contributed by atoms with van der Waals surface area (Å²) in [4.78, 5) is 29.8. The van der Waals surface area contributed by atoms with Crippen molar-refractivity contribution in [3.05, 3.63) is 16.1 Å². The second-order valence-electron chi connectivity index (χ2n) is 4.55. The van der Waals surface area contributed by atoms with Gasteiger partial charge in [0, 0.05) is 17.7 Å². The first-order chi connectivity index (χ1) is 10.1. The molecule has 1 unspecified atom stereocenters. The summed E-state index contributed by atoms with van der Waals surface area (Å²) in [6.07, 6.45) is 0. The number of carbonyl (C=O) groups excluding carboxylic acids is 2. The number of nitrogens with zero attached hydrogens (tertiary/aromatic N) is 2. The molecule has 1 amide bonds. The molecule has 2 rings (SSSR count). The van der Waals surface area contributed by atoms with Crippen LogP contribution in [0, 0.1) is 6.92 Å². The molecule has 8 heteroatoms. The second-order valence-corrected chi connectivity index (χ2v) is 6.60. The quantitative estimate of drug-likeness (QED) is 0.753. The third kappa shape index (κ3) is 4.42. The number of aryl methyl sites for hydroxylation is 1. The highest BCUT2D eigenvalue weighted by atomic mass is 32.2. The van der Waals surface area contributed by atoms with Gasteiger partial charge < -0.3 is 14.4 Å². The van der Waals surface area contributed by atoms with Gasteiger partial charge in [-0.15, -0.1) is 23.1 Å². The number of carbonyl (C=O) groups is 2. The smallest absolute Gasteiger partial charge is 0.331 e. The van der Waals surface area contributed by atoms with Gasteiger partial charge in [0.2, 0.25) is 5.91 Å². The molecule has 0 aliphatic carbocycles. The van der Waals surface area contributed by atoms with E-state index in [0.29, 0.717) is 24.7 Å². The monoisotopic (exact) mass is 330 g/mol. The van der Waals surface area contributed by atoms with Crippen molar-refractivity contribution in [2.75, 3.05) is 32.6 Å². The highest BCUT2D eigenvalue weighted by molar-refractivity contribution is 7.99. The van der Waals surface area contributed by atoms with Crippen LogP contribution in [0.4, 0.5) is 0 Å². The van der Waals surface area contributed by atoms with Gasteiger partial charge in [-0.1, -0.05) is 0 Å². The van der Waals surface area contributed by atoms with Crippen LogP contribution in [0.3, 0.4) is 0 Å². The molecule has 6 nitrogen and oxygen atoms in total. The zero-order valence-corrected chi connectivity index (χ0v) is 13.7. The Hall–Kier alpha value is -1.12. The SMILES string of the molecule is COC(=O)C1COCCN1C(=O)CSCc1csc(C)n1. The Morgan fingerprint density at radius 1 is 1.62 bits per heavy atom. The molecular weight excluding hydrogens is 312 g/mol. The van der Waals surface area contributed by atoms with Crippen molar-refractivity contribution in [2.45, 2.75) is 18.7 Å². The van der Waals surface area contributed by atoms with Gasteiger partial charge in [-0.3, -0.25) is 4.79 Å². The molecule has 0 bridgehead atoms. The summed E-state index contributed by atoms with van der Waals surface area (Å²) in [5.41, 5.74) is 0.988. The zero-order valence-electron chi connectivity index (χ0n) is 12.0. The summed E-state index contributed by atoms with van der Waals surface area (Å²) >= 11 is 3.10. The molecule has 1 saturated heterocycles. The topological polar surface area (TPSA) is 68.7 Å². The molecule has 1 atom stereocenters. The molecule has 1 aromatic rings. The molecule has 2 heterocycles. The van der Waals surface area contributed by atoms with Crippen LogP contribution < -0.4 is 0 Å². The van der Waals surface area contributed by atoms with E-state index in [1.54, 1.807) is 16.2 Å². The number of hydrogen-bond donors (Lipinski definition) is 0. The van der Waals surface area contributed by atoms with Gasteiger partial charge >= 0.3 is 5.97 Å². The van der Waals surface area contributed by atoms with Crippen LogP contribution in [0.15, 0.2) is 5.38 Å². The van der Waals surface area contributed by atoms with Gasteiger partial charge in [-0.25, -0.2) is 9.78 Å². The Morgan fingerprint density at radius 3 is 3.10 bits per heavy atom. The van der Waals surface area contributed by atoms with Crippen molar-refractivity contribution in [1.82, 2.24) is 9.88 Å². The summed E-state index contributed by atoms with van der Waals surface area (Å²) in [5, 5.41) is 3.02. The second kappa shape index (κ2) is 7.77. The first kappa shape index (κ1) is 16.3. The maximum absolute atomic E-state index is 12.2. The lowest BCUT2D eigenvalue weighted by Crippen LogP contribution is -2.53. The summed E-state index contributed by atoms with van der Waals surface area (Å²) in [5.74, 6) is 0.529. The minimum absolute atomic E-state index is 0.0642. The van der Waals surface area contributed by atoms with Crippen LogP contribution in [0.5, 0.6) is 0 Å². The van der Waals surface area contributed by atoms with Gasteiger partial charge in [-0.2, -0.15) is 0 Å². The van der Waals surface area contributed by atoms with Crippen molar-refractivity contribution >= 4 is 35.0 Å². The minimum atomic E-state index is -0.627. The molecule has 116 valence electrons. The molecule has 0 N–H and O–H groups in total. The van der Waals surface area contributed by atoms with E-state index < -0.39 is 12.0 Å². The molecular formula is C13H18N2O4S2. The number of methoxy groups -OCH3 is 1. The van der Waals surface area contributed by atoms with E-state index in [1.807, 2.05) is 12.3 Å².